The predicted molar refractivity (Wildman–Crippen MR) is 125 cm³/mol. The maximum absolute atomic E-state index is 13.0. The van der Waals surface area contributed by atoms with Crippen molar-refractivity contribution < 1.29 is 28.5 Å². The highest BCUT2D eigenvalue weighted by molar-refractivity contribution is 6.03. The van der Waals surface area contributed by atoms with Crippen LogP contribution in [0, 0.1) is 0 Å². The number of nitrogens with zero attached hydrogens (tertiary/aromatic N) is 5. The number of esters is 1. The van der Waals surface area contributed by atoms with Crippen LogP contribution in [0.3, 0.4) is 0 Å². The van der Waals surface area contributed by atoms with E-state index in [1.165, 1.54) is 23.8 Å². The lowest BCUT2D eigenvalue weighted by molar-refractivity contribution is -0.219. The molecule has 1 N–H and O–H groups in total. The molecule has 4 rings (SSSR count). The standard InChI is InChI=1S/C23H26N6O7/c1-14(30)34-19-16(13-25-28-24)35-22(20(19)36-18-9-5-6-12-33-18)29-11-10-17(27-23(29)32)26-21(31)15-7-3-2-4-8-15/h2-4,7-8,10-11,16,18-20,22H,5-6,9,12-13H2,1H3,(H,26,27,31,32)/t16-,18?,19-,20-,22-/m1/s1. The van der Waals surface area contributed by atoms with Crippen molar-refractivity contribution in [1.82, 2.24) is 9.55 Å². The smallest absolute Gasteiger partial charge is 0.351 e. The van der Waals surface area contributed by atoms with Gasteiger partial charge in [0.1, 0.15) is 18.0 Å². The van der Waals surface area contributed by atoms with Crippen LogP contribution in [-0.2, 0) is 23.7 Å². The lowest BCUT2D eigenvalue weighted by atomic mass is 10.1. The van der Waals surface area contributed by atoms with Crippen LogP contribution < -0.4 is 11.0 Å². The number of ether oxygens (including phenoxy) is 4. The van der Waals surface area contributed by atoms with Gasteiger partial charge in [0, 0.05) is 30.2 Å². The minimum Gasteiger partial charge on any atom is -0.457 e. The third kappa shape index (κ3) is 6.07. The molecule has 1 amide bonds. The molecule has 0 aliphatic carbocycles. The molecule has 1 unspecified atom stereocenters. The first-order valence-corrected chi connectivity index (χ1v) is 11.5. The summed E-state index contributed by atoms with van der Waals surface area (Å²) in [6, 6.07) is 9.95. The minimum atomic E-state index is -1.06. The highest BCUT2D eigenvalue weighted by atomic mass is 16.7. The third-order valence-corrected chi connectivity index (χ3v) is 5.74. The van der Waals surface area contributed by atoms with Crippen LogP contribution in [0.4, 0.5) is 5.82 Å². The first-order valence-electron chi connectivity index (χ1n) is 11.5. The van der Waals surface area contributed by atoms with E-state index in [0.29, 0.717) is 18.6 Å². The fourth-order valence-corrected chi connectivity index (χ4v) is 4.12. The quantitative estimate of drug-likeness (QED) is 0.251. The van der Waals surface area contributed by atoms with Crippen LogP contribution in [0.25, 0.3) is 10.4 Å². The van der Waals surface area contributed by atoms with Gasteiger partial charge < -0.3 is 24.3 Å². The Bertz CT molecular complexity index is 1180. The zero-order valence-electron chi connectivity index (χ0n) is 19.6. The van der Waals surface area contributed by atoms with Crippen molar-refractivity contribution in [2.75, 3.05) is 18.5 Å². The zero-order valence-corrected chi connectivity index (χ0v) is 19.6. The summed E-state index contributed by atoms with van der Waals surface area (Å²) in [7, 11) is 0. The van der Waals surface area contributed by atoms with Crippen molar-refractivity contribution in [1.29, 1.82) is 0 Å². The summed E-state index contributed by atoms with van der Waals surface area (Å²) in [4.78, 5) is 43.9. The summed E-state index contributed by atoms with van der Waals surface area (Å²) in [5.41, 5.74) is 8.46. The summed E-state index contributed by atoms with van der Waals surface area (Å²) in [6.45, 7) is 1.61. The van der Waals surface area contributed by atoms with Crippen LogP contribution >= 0.6 is 0 Å². The largest absolute Gasteiger partial charge is 0.457 e. The van der Waals surface area contributed by atoms with Gasteiger partial charge in [0.05, 0.1) is 6.54 Å². The van der Waals surface area contributed by atoms with Gasteiger partial charge >= 0.3 is 11.7 Å². The molecule has 0 radical (unpaired) electrons. The molecule has 1 aromatic carbocycles. The number of hydrogen-bond donors (Lipinski definition) is 1. The van der Waals surface area contributed by atoms with Crippen molar-refractivity contribution >= 4 is 17.7 Å². The zero-order chi connectivity index (χ0) is 25.5. The second-order valence-electron chi connectivity index (χ2n) is 8.27. The van der Waals surface area contributed by atoms with E-state index in [4.69, 9.17) is 24.5 Å². The first-order chi connectivity index (χ1) is 17.5. The van der Waals surface area contributed by atoms with Gasteiger partial charge in [-0.05, 0) is 43.0 Å². The molecule has 1 aromatic heterocycles. The average Bonchev–Trinajstić information content (AvgIpc) is 3.19. The van der Waals surface area contributed by atoms with Gasteiger partial charge in [-0.15, -0.1) is 0 Å². The molecule has 2 fully saturated rings. The third-order valence-electron chi connectivity index (χ3n) is 5.74. The number of rotatable bonds is 8. The number of aromatic nitrogens is 2. The lowest BCUT2D eigenvalue weighted by Gasteiger charge is -2.30. The summed E-state index contributed by atoms with van der Waals surface area (Å²) in [5, 5.41) is 6.13. The van der Waals surface area contributed by atoms with Crippen LogP contribution in [0.5, 0.6) is 0 Å². The maximum Gasteiger partial charge on any atom is 0.351 e. The van der Waals surface area contributed by atoms with Gasteiger partial charge in [-0.3, -0.25) is 14.2 Å². The number of carbonyl (C=O) groups excluding carboxylic acids is 2. The summed E-state index contributed by atoms with van der Waals surface area (Å²) < 4.78 is 24.5. The Labute approximate surface area is 205 Å². The molecule has 2 aliphatic heterocycles. The molecule has 3 heterocycles. The van der Waals surface area contributed by atoms with E-state index in [0.717, 1.165) is 12.8 Å². The molecule has 2 saturated heterocycles. The van der Waals surface area contributed by atoms with Gasteiger partial charge in [-0.1, -0.05) is 23.3 Å². The van der Waals surface area contributed by atoms with E-state index >= 15 is 0 Å². The second kappa shape index (κ2) is 11.8. The Kier molecular flexibility index (Phi) is 8.28. The highest BCUT2D eigenvalue weighted by Crippen LogP contribution is 2.35. The second-order valence-corrected chi connectivity index (χ2v) is 8.27. The van der Waals surface area contributed by atoms with Crippen molar-refractivity contribution in [2.45, 2.75) is 57.0 Å². The predicted octanol–water partition coefficient (Wildman–Crippen LogP) is 2.55. The Balaban J connectivity index is 1.60. The van der Waals surface area contributed by atoms with E-state index in [1.807, 2.05) is 0 Å². The van der Waals surface area contributed by atoms with Gasteiger partial charge in [-0.2, -0.15) is 4.98 Å². The van der Waals surface area contributed by atoms with Crippen molar-refractivity contribution in [3.8, 4) is 0 Å². The Hall–Kier alpha value is -3.77. The topological polar surface area (TPSA) is 167 Å². The number of nitrogens with one attached hydrogen (secondary N) is 1. The fourth-order valence-electron chi connectivity index (χ4n) is 4.12. The number of hydrogen-bond acceptors (Lipinski definition) is 9. The molecule has 5 atom stereocenters. The highest BCUT2D eigenvalue weighted by Gasteiger charge is 2.50. The van der Waals surface area contributed by atoms with Crippen LogP contribution in [0.2, 0.25) is 0 Å². The van der Waals surface area contributed by atoms with Crippen LogP contribution in [0.15, 0.2) is 52.5 Å². The Morgan fingerprint density at radius 3 is 2.72 bits per heavy atom. The molecule has 13 heteroatoms. The minimum absolute atomic E-state index is 0.0540. The molecule has 0 bridgehead atoms. The monoisotopic (exact) mass is 498 g/mol. The Morgan fingerprint density at radius 1 is 1.25 bits per heavy atom. The van der Waals surface area contributed by atoms with Crippen LogP contribution in [0.1, 0.15) is 42.8 Å². The lowest BCUT2D eigenvalue weighted by Crippen LogP contribution is -2.43. The summed E-state index contributed by atoms with van der Waals surface area (Å²) in [5.74, 6) is -0.950. The van der Waals surface area contributed by atoms with Crippen molar-refractivity contribution in [3.05, 3.63) is 69.1 Å². The Morgan fingerprint density at radius 2 is 2.06 bits per heavy atom. The SMILES string of the molecule is CC(=O)O[C@H]1[C@@H](OC2CCCCO2)[C@H](n2ccc(NC(=O)c3ccccc3)nc2=O)O[C@@H]1CN=[N+]=[N-]. The van der Waals surface area contributed by atoms with E-state index in [9.17, 15) is 14.4 Å². The van der Waals surface area contributed by atoms with Gasteiger partial charge in [0.15, 0.2) is 18.6 Å². The summed E-state index contributed by atoms with van der Waals surface area (Å²) >= 11 is 0. The van der Waals surface area contributed by atoms with Gasteiger partial charge in [0.25, 0.3) is 5.91 Å². The van der Waals surface area contributed by atoms with Crippen molar-refractivity contribution in [3.63, 3.8) is 0 Å². The first kappa shape index (κ1) is 25.3. The molecular weight excluding hydrogens is 472 g/mol. The van der Waals surface area contributed by atoms with E-state index < -0.39 is 48.4 Å². The van der Waals surface area contributed by atoms with Gasteiger partial charge in [-0.25, -0.2) is 4.79 Å². The normalized spacial score (nSPS) is 25.5. The number of amides is 1. The molecule has 0 spiro atoms. The number of carbonyl (C=O) groups is 2. The van der Waals surface area contributed by atoms with E-state index in [-0.39, 0.29) is 12.4 Å². The molecule has 0 saturated carbocycles. The van der Waals surface area contributed by atoms with Gasteiger partial charge in [0.2, 0.25) is 0 Å². The van der Waals surface area contributed by atoms with Crippen LogP contribution in [-0.4, -0.2) is 59.2 Å². The molecule has 190 valence electrons. The molecule has 13 nitrogen and oxygen atoms in total. The number of benzene rings is 1. The average molecular weight is 498 g/mol. The number of azide groups is 1. The molecule has 2 aliphatic rings. The van der Waals surface area contributed by atoms with E-state index in [2.05, 4.69) is 20.3 Å². The molecule has 36 heavy (non-hydrogen) atoms. The summed E-state index contributed by atoms with van der Waals surface area (Å²) in [6.07, 6.45) is -0.608. The molecule has 2 aromatic rings. The van der Waals surface area contributed by atoms with Crippen molar-refractivity contribution in [2.24, 2.45) is 5.11 Å². The fraction of sp³-hybridized carbons (Fsp3) is 0.478. The maximum atomic E-state index is 13.0. The number of anilines is 1. The van der Waals surface area contributed by atoms with E-state index in [1.54, 1.807) is 30.3 Å². The molecular formula is C23H26N6O7.